The molecule has 2 heterocycles. The molecule has 0 saturated carbocycles. The standard InChI is InChI=1S/C13H21N3O/c1-17-13-4-6-16(7-5-13)10-12-3-2-11(8-14)9-15-12/h2-3,9,13H,4-8,10,14H2,1H3. The predicted octanol–water partition coefficient (Wildman–Crippen LogP) is 1.15. The maximum absolute atomic E-state index is 5.55. The molecule has 1 fully saturated rings. The van der Waals surface area contributed by atoms with Crippen molar-refractivity contribution in [2.75, 3.05) is 20.2 Å². The summed E-state index contributed by atoms with van der Waals surface area (Å²) in [5.74, 6) is 0. The van der Waals surface area contributed by atoms with E-state index in [4.69, 9.17) is 10.5 Å². The highest BCUT2D eigenvalue weighted by atomic mass is 16.5. The van der Waals surface area contributed by atoms with Gasteiger partial charge in [0.2, 0.25) is 0 Å². The summed E-state index contributed by atoms with van der Waals surface area (Å²) in [4.78, 5) is 6.86. The average molecular weight is 235 g/mol. The van der Waals surface area contributed by atoms with Crippen LogP contribution in [-0.2, 0) is 17.8 Å². The number of piperidine rings is 1. The number of aromatic nitrogens is 1. The van der Waals surface area contributed by atoms with Crippen LogP contribution in [0, 0.1) is 0 Å². The molecule has 94 valence electrons. The number of rotatable bonds is 4. The molecular formula is C13H21N3O. The first-order valence-corrected chi connectivity index (χ1v) is 6.21. The lowest BCUT2D eigenvalue weighted by Crippen LogP contribution is -2.36. The molecule has 1 aliphatic rings. The largest absolute Gasteiger partial charge is 0.381 e. The van der Waals surface area contributed by atoms with Gasteiger partial charge in [0.1, 0.15) is 0 Å². The molecule has 0 unspecified atom stereocenters. The minimum absolute atomic E-state index is 0.443. The lowest BCUT2D eigenvalue weighted by Gasteiger charge is -2.30. The van der Waals surface area contributed by atoms with E-state index < -0.39 is 0 Å². The van der Waals surface area contributed by atoms with E-state index in [1.54, 1.807) is 7.11 Å². The van der Waals surface area contributed by atoms with Crippen molar-refractivity contribution in [3.63, 3.8) is 0 Å². The third-order valence-corrected chi connectivity index (χ3v) is 3.38. The van der Waals surface area contributed by atoms with Crippen LogP contribution in [0.25, 0.3) is 0 Å². The van der Waals surface area contributed by atoms with Gasteiger partial charge in [-0.15, -0.1) is 0 Å². The van der Waals surface area contributed by atoms with Crippen molar-refractivity contribution in [1.29, 1.82) is 0 Å². The van der Waals surface area contributed by atoms with Crippen molar-refractivity contribution in [2.45, 2.75) is 32.0 Å². The molecule has 2 rings (SSSR count). The van der Waals surface area contributed by atoms with Crippen LogP contribution in [-0.4, -0.2) is 36.2 Å². The molecule has 0 radical (unpaired) electrons. The first-order valence-electron chi connectivity index (χ1n) is 6.21. The Morgan fingerprint density at radius 3 is 2.71 bits per heavy atom. The van der Waals surface area contributed by atoms with Gasteiger partial charge in [-0.25, -0.2) is 0 Å². The quantitative estimate of drug-likeness (QED) is 0.850. The van der Waals surface area contributed by atoms with Crippen LogP contribution < -0.4 is 5.73 Å². The average Bonchev–Trinajstić information content (AvgIpc) is 2.40. The molecule has 1 aromatic heterocycles. The Labute approximate surface area is 103 Å². The predicted molar refractivity (Wildman–Crippen MR) is 67.4 cm³/mol. The molecule has 1 aromatic rings. The third kappa shape index (κ3) is 3.49. The number of nitrogens with zero attached hydrogens (tertiary/aromatic N) is 2. The van der Waals surface area contributed by atoms with E-state index in [2.05, 4.69) is 22.0 Å². The highest BCUT2D eigenvalue weighted by Gasteiger charge is 2.18. The SMILES string of the molecule is COC1CCN(Cc2ccc(CN)cn2)CC1. The molecule has 0 amide bonds. The van der Waals surface area contributed by atoms with Crippen molar-refractivity contribution < 1.29 is 4.74 Å². The van der Waals surface area contributed by atoms with Crippen LogP contribution >= 0.6 is 0 Å². The molecule has 4 heteroatoms. The number of ether oxygens (including phenoxy) is 1. The molecule has 0 aliphatic carbocycles. The molecule has 17 heavy (non-hydrogen) atoms. The van der Waals surface area contributed by atoms with Crippen molar-refractivity contribution >= 4 is 0 Å². The zero-order valence-electron chi connectivity index (χ0n) is 10.4. The van der Waals surface area contributed by atoms with E-state index in [-0.39, 0.29) is 0 Å². The molecule has 2 N–H and O–H groups in total. The van der Waals surface area contributed by atoms with Gasteiger partial charge in [-0.05, 0) is 24.5 Å². The van der Waals surface area contributed by atoms with E-state index in [1.165, 1.54) is 0 Å². The van der Waals surface area contributed by atoms with Gasteiger partial charge in [-0.1, -0.05) is 6.07 Å². The van der Waals surface area contributed by atoms with Gasteiger partial charge in [-0.3, -0.25) is 9.88 Å². The van der Waals surface area contributed by atoms with Crippen molar-refractivity contribution in [1.82, 2.24) is 9.88 Å². The van der Waals surface area contributed by atoms with Gasteiger partial charge in [0.15, 0.2) is 0 Å². The van der Waals surface area contributed by atoms with Crippen LogP contribution in [0.5, 0.6) is 0 Å². The number of likely N-dealkylation sites (tertiary alicyclic amines) is 1. The minimum Gasteiger partial charge on any atom is -0.381 e. The monoisotopic (exact) mass is 235 g/mol. The Kier molecular flexibility index (Phi) is 4.48. The maximum atomic E-state index is 5.55. The number of hydrogen-bond acceptors (Lipinski definition) is 4. The van der Waals surface area contributed by atoms with E-state index >= 15 is 0 Å². The number of methoxy groups -OCH3 is 1. The zero-order valence-corrected chi connectivity index (χ0v) is 10.4. The highest BCUT2D eigenvalue weighted by Crippen LogP contribution is 2.14. The van der Waals surface area contributed by atoms with Gasteiger partial charge < -0.3 is 10.5 Å². The zero-order chi connectivity index (χ0) is 12.1. The van der Waals surface area contributed by atoms with Crippen LogP contribution in [0.15, 0.2) is 18.3 Å². The summed E-state index contributed by atoms with van der Waals surface area (Å²) in [6.45, 7) is 3.69. The molecule has 1 aliphatic heterocycles. The summed E-state index contributed by atoms with van der Waals surface area (Å²) in [5.41, 5.74) is 7.76. The molecule has 1 saturated heterocycles. The smallest absolute Gasteiger partial charge is 0.0595 e. The van der Waals surface area contributed by atoms with E-state index in [1.807, 2.05) is 6.20 Å². The Morgan fingerprint density at radius 1 is 1.41 bits per heavy atom. The van der Waals surface area contributed by atoms with Gasteiger partial charge in [0.05, 0.1) is 11.8 Å². The summed E-state index contributed by atoms with van der Waals surface area (Å²) in [7, 11) is 1.80. The van der Waals surface area contributed by atoms with Crippen LogP contribution in [0.2, 0.25) is 0 Å². The molecule has 4 nitrogen and oxygen atoms in total. The normalized spacial score (nSPS) is 18.5. The number of pyridine rings is 1. The summed E-state index contributed by atoms with van der Waals surface area (Å²) < 4.78 is 5.36. The second kappa shape index (κ2) is 6.10. The second-order valence-corrected chi connectivity index (χ2v) is 4.57. The fraction of sp³-hybridized carbons (Fsp3) is 0.615. The van der Waals surface area contributed by atoms with Crippen molar-refractivity contribution in [3.8, 4) is 0 Å². The summed E-state index contributed by atoms with van der Waals surface area (Å²) in [6, 6.07) is 4.13. The van der Waals surface area contributed by atoms with Gasteiger partial charge >= 0.3 is 0 Å². The fourth-order valence-electron chi connectivity index (χ4n) is 2.20. The van der Waals surface area contributed by atoms with E-state index in [9.17, 15) is 0 Å². The van der Waals surface area contributed by atoms with Gasteiger partial charge in [0.25, 0.3) is 0 Å². The lowest BCUT2D eigenvalue weighted by molar-refractivity contribution is 0.0385. The fourth-order valence-corrected chi connectivity index (χ4v) is 2.20. The molecule has 0 spiro atoms. The van der Waals surface area contributed by atoms with Crippen molar-refractivity contribution in [2.24, 2.45) is 5.73 Å². The Hall–Kier alpha value is -0.970. The van der Waals surface area contributed by atoms with E-state index in [0.717, 1.165) is 43.7 Å². The number of hydrogen-bond donors (Lipinski definition) is 1. The van der Waals surface area contributed by atoms with Crippen molar-refractivity contribution in [3.05, 3.63) is 29.6 Å². The Balaban J connectivity index is 1.84. The molecule has 0 atom stereocenters. The molecule has 0 aromatic carbocycles. The van der Waals surface area contributed by atoms with Gasteiger partial charge in [-0.2, -0.15) is 0 Å². The first-order chi connectivity index (χ1) is 8.31. The lowest BCUT2D eigenvalue weighted by atomic mass is 10.1. The first kappa shape index (κ1) is 12.5. The van der Waals surface area contributed by atoms with Crippen LogP contribution in [0.3, 0.4) is 0 Å². The topological polar surface area (TPSA) is 51.4 Å². The minimum atomic E-state index is 0.443. The number of nitrogens with two attached hydrogens (primary N) is 1. The Morgan fingerprint density at radius 2 is 2.18 bits per heavy atom. The van der Waals surface area contributed by atoms with E-state index in [0.29, 0.717) is 12.6 Å². The van der Waals surface area contributed by atoms with Crippen LogP contribution in [0.4, 0.5) is 0 Å². The summed E-state index contributed by atoms with van der Waals surface area (Å²) in [6.07, 6.45) is 4.56. The molecule has 0 bridgehead atoms. The van der Waals surface area contributed by atoms with Gasteiger partial charge in [0, 0.05) is 39.5 Å². The van der Waals surface area contributed by atoms with Crippen LogP contribution in [0.1, 0.15) is 24.1 Å². The molecular weight excluding hydrogens is 214 g/mol. The second-order valence-electron chi connectivity index (χ2n) is 4.57. The maximum Gasteiger partial charge on any atom is 0.0595 e. The summed E-state index contributed by atoms with van der Waals surface area (Å²) >= 11 is 0. The third-order valence-electron chi connectivity index (χ3n) is 3.38. The summed E-state index contributed by atoms with van der Waals surface area (Å²) in [5, 5.41) is 0. The highest BCUT2D eigenvalue weighted by molar-refractivity contribution is 5.13. The Bertz CT molecular complexity index is 331.